The molecule has 0 bridgehead atoms. The second-order valence-corrected chi connectivity index (χ2v) is 5.27. The Bertz CT molecular complexity index is 573. The van der Waals surface area contributed by atoms with Gasteiger partial charge in [-0.25, -0.2) is 4.98 Å². The van der Waals surface area contributed by atoms with Crippen LogP contribution in [0, 0.1) is 13.8 Å². The molecule has 0 amide bonds. The number of fused-ring (bicyclic) bond motifs is 1. The number of pyridine rings is 1. The molecule has 3 rings (SSSR count). The number of nitrogens with zero attached hydrogens (tertiary/aromatic N) is 2. The molecular formula is C15H20N4. The van der Waals surface area contributed by atoms with E-state index < -0.39 is 0 Å². The highest BCUT2D eigenvalue weighted by molar-refractivity contribution is 5.25. The third-order valence-electron chi connectivity index (χ3n) is 3.81. The molecule has 0 saturated heterocycles. The Morgan fingerprint density at radius 1 is 1.42 bits per heavy atom. The predicted molar refractivity (Wildman–Crippen MR) is 74.8 cm³/mol. The molecule has 2 N–H and O–H groups in total. The van der Waals surface area contributed by atoms with E-state index in [9.17, 15) is 0 Å². The largest absolute Gasteiger partial charge is 0.346 e. The standard InChI is InChI=1S/C15H20N4/c1-10-14(19-11(2)18-10)9-17-13-7-3-5-12-6-4-8-16-15(12)13/h4,6,8,13,17H,3,5,7,9H2,1-2H3,(H,18,19). The third kappa shape index (κ3) is 2.54. The van der Waals surface area contributed by atoms with E-state index in [0.717, 1.165) is 36.6 Å². The second-order valence-electron chi connectivity index (χ2n) is 5.27. The molecule has 0 fully saturated rings. The van der Waals surface area contributed by atoms with Crippen molar-refractivity contribution in [3.05, 3.63) is 46.8 Å². The normalized spacial score (nSPS) is 18.3. The van der Waals surface area contributed by atoms with Gasteiger partial charge in [-0.15, -0.1) is 0 Å². The summed E-state index contributed by atoms with van der Waals surface area (Å²) in [6.45, 7) is 4.87. The lowest BCUT2D eigenvalue weighted by molar-refractivity contribution is 0.445. The van der Waals surface area contributed by atoms with E-state index in [-0.39, 0.29) is 0 Å². The fraction of sp³-hybridized carbons (Fsp3) is 0.467. The average molecular weight is 256 g/mol. The second kappa shape index (κ2) is 5.13. The SMILES string of the molecule is Cc1nc(CNC2CCCc3cccnc32)c(C)[nH]1. The van der Waals surface area contributed by atoms with E-state index >= 15 is 0 Å². The van der Waals surface area contributed by atoms with Crippen molar-refractivity contribution >= 4 is 0 Å². The summed E-state index contributed by atoms with van der Waals surface area (Å²) in [7, 11) is 0. The number of rotatable bonds is 3. The highest BCUT2D eigenvalue weighted by Crippen LogP contribution is 2.27. The summed E-state index contributed by atoms with van der Waals surface area (Å²) >= 11 is 0. The summed E-state index contributed by atoms with van der Waals surface area (Å²) in [5.74, 6) is 0.983. The molecule has 1 unspecified atom stereocenters. The number of H-pyrrole nitrogens is 1. The molecule has 0 spiro atoms. The fourth-order valence-corrected chi connectivity index (χ4v) is 2.86. The van der Waals surface area contributed by atoms with Gasteiger partial charge in [0.05, 0.1) is 17.4 Å². The van der Waals surface area contributed by atoms with E-state index in [4.69, 9.17) is 0 Å². The van der Waals surface area contributed by atoms with Crippen molar-refractivity contribution in [2.24, 2.45) is 0 Å². The van der Waals surface area contributed by atoms with Crippen molar-refractivity contribution in [3.8, 4) is 0 Å². The highest BCUT2D eigenvalue weighted by atomic mass is 15.0. The van der Waals surface area contributed by atoms with E-state index in [0.29, 0.717) is 6.04 Å². The zero-order chi connectivity index (χ0) is 13.2. The van der Waals surface area contributed by atoms with Gasteiger partial charge in [0.25, 0.3) is 0 Å². The summed E-state index contributed by atoms with van der Waals surface area (Å²) in [4.78, 5) is 12.3. The molecule has 4 nitrogen and oxygen atoms in total. The lowest BCUT2D eigenvalue weighted by Gasteiger charge is -2.25. The molecule has 0 radical (unpaired) electrons. The topological polar surface area (TPSA) is 53.6 Å². The van der Waals surface area contributed by atoms with Gasteiger partial charge >= 0.3 is 0 Å². The maximum Gasteiger partial charge on any atom is 0.103 e. The lowest BCUT2D eigenvalue weighted by atomic mass is 9.92. The van der Waals surface area contributed by atoms with Crippen molar-refractivity contribution in [2.45, 2.75) is 45.7 Å². The van der Waals surface area contributed by atoms with Gasteiger partial charge in [0, 0.05) is 18.4 Å². The average Bonchev–Trinajstić information content (AvgIpc) is 2.74. The number of nitrogens with one attached hydrogen (secondary N) is 2. The Hall–Kier alpha value is -1.68. The first-order valence-electron chi connectivity index (χ1n) is 6.93. The minimum absolute atomic E-state index is 0.362. The molecule has 4 heteroatoms. The molecule has 0 saturated carbocycles. The fourth-order valence-electron chi connectivity index (χ4n) is 2.86. The van der Waals surface area contributed by atoms with Gasteiger partial charge in [0.1, 0.15) is 5.82 Å². The van der Waals surface area contributed by atoms with Crippen LogP contribution >= 0.6 is 0 Å². The van der Waals surface area contributed by atoms with Crippen LogP contribution in [0.5, 0.6) is 0 Å². The summed E-state index contributed by atoms with van der Waals surface area (Å²) < 4.78 is 0. The molecule has 1 aliphatic carbocycles. The summed E-state index contributed by atoms with van der Waals surface area (Å²) in [5.41, 5.74) is 4.88. The Balaban J connectivity index is 1.73. The van der Waals surface area contributed by atoms with Crippen molar-refractivity contribution in [3.63, 3.8) is 0 Å². The van der Waals surface area contributed by atoms with Crippen LogP contribution in [-0.2, 0) is 13.0 Å². The third-order valence-corrected chi connectivity index (χ3v) is 3.81. The summed E-state index contributed by atoms with van der Waals surface area (Å²) in [6.07, 6.45) is 5.44. The minimum atomic E-state index is 0.362. The molecule has 1 atom stereocenters. The Labute approximate surface area is 113 Å². The Morgan fingerprint density at radius 3 is 3.11 bits per heavy atom. The maximum atomic E-state index is 4.55. The van der Waals surface area contributed by atoms with Crippen molar-refractivity contribution in [1.29, 1.82) is 0 Å². The van der Waals surface area contributed by atoms with Gasteiger partial charge in [-0.3, -0.25) is 4.98 Å². The number of aromatic nitrogens is 3. The Kier molecular flexibility index (Phi) is 3.34. The van der Waals surface area contributed by atoms with E-state index in [2.05, 4.69) is 33.3 Å². The van der Waals surface area contributed by atoms with Crippen LogP contribution in [0.2, 0.25) is 0 Å². The predicted octanol–water partition coefficient (Wildman–Crippen LogP) is 2.59. The van der Waals surface area contributed by atoms with Crippen LogP contribution < -0.4 is 5.32 Å². The lowest BCUT2D eigenvalue weighted by Crippen LogP contribution is -2.26. The van der Waals surface area contributed by atoms with Crippen LogP contribution in [0.25, 0.3) is 0 Å². The molecule has 100 valence electrons. The van der Waals surface area contributed by atoms with Crippen LogP contribution in [0.15, 0.2) is 18.3 Å². The molecule has 19 heavy (non-hydrogen) atoms. The molecular weight excluding hydrogens is 236 g/mol. The first kappa shape index (κ1) is 12.4. The summed E-state index contributed by atoms with van der Waals surface area (Å²) in [6, 6.07) is 4.59. The first-order valence-corrected chi connectivity index (χ1v) is 6.93. The smallest absolute Gasteiger partial charge is 0.103 e. The van der Waals surface area contributed by atoms with Crippen LogP contribution in [0.3, 0.4) is 0 Å². The van der Waals surface area contributed by atoms with Crippen molar-refractivity contribution < 1.29 is 0 Å². The molecule has 2 heterocycles. The number of aryl methyl sites for hydroxylation is 3. The van der Waals surface area contributed by atoms with E-state index in [1.807, 2.05) is 19.2 Å². The van der Waals surface area contributed by atoms with Crippen molar-refractivity contribution in [2.75, 3.05) is 0 Å². The van der Waals surface area contributed by atoms with E-state index in [1.54, 1.807) is 0 Å². The van der Waals surface area contributed by atoms with Gasteiger partial charge in [-0.1, -0.05) is 6.07 Å². The minimum Gasteiger partial charge on any atom is -0.346 e. The van der Waals surface area contributed by atoms with Crippen LogP contribution in [-0.4, -0.2) is 15.0 Å². The zero-order valence-corrected chi connectivity index (χ0v) is 11.5. The van der Waals surface area contributed by atoms with Gasteiger partial charge in [0.15, 0.2) is 0 Å². The Morgan fingerprint density at radius 2 is 2.32 bits per heavy atom. The van der Waals surface area contributed by atoms with Gasteiger partial charge < -0.3 is 10.3 Å². The van der Waals surface area contributed by atoms with Crippen LogP contribution in [0.4, 0.5) is 0 Å². The first-order chi connectivity index (χ1) is 9.24. The molecule has 2 aromatic heterocycles. The van der Waals surface area contributed by atoms with Crippen LogP contribution in [0.1, 0.15) is 47.4 Å². The number of hydrogen-bond acceptors (Lipinski definition) is 3. The molecule has 0 aromatic carbocycles. The maximum absolute atomic E-state index is 4.55. The van der Waals surface area contributed by atoms with Gasteiger partial charge in [-0.2, -0.15) is 0 Å². The zero-order valence-electron chi connectivity index (χ0n) is 11.5. The number of hydrogen-bond donors (Lipinski definition) is 2. The number of imidazole rings is 1. The van der Waals surface area contributed by atoms with Crippen molar-refractivity contribution in [1.82, 2.24) is 20.3 Å². The van der Waals surface area contributed by atoms with E-state index in [1.165, 1.54) is 17.7 Å². The van der Waals surface area contributed by atoms with Gasteiger partial charge in [0.2, 0.25) is 0 Å². The quantitative estimate of drug-likeness (QED) is 0.887. The number of aromatic amines is 1. The molecule has 1 aliphatic rings. The summed E-state index contributed by atoms with van der Waals surface area (Å²) in [5, 5.41) is 3.60. The van der Waals surface area contributed by atoms with Gasteiger partial charge in [-0.05, 0) is 44.7 Å². The molecule has 0 aliphatic heterocycles. The monoisotopic (exact) mass is 256 g/mol. The molecule has 2 aromatic rings. The highest BCUT2D eigenvalue weighted by Gasteiger charge is 2.21.